The molecule has 1 unspecified atom stereocenters. The van der Waals surface area contributed by atoms with Gasteiger partial charge in [-0.25, -0.2) is 0 Å². The molecule has 2 N–H and O–H groups in total. The summed E-state index contributed by atoms with van der Waals surface area (Å²) < 4.78 is 17.0. The van der Waals surface area contributed by atoms with Gasteiger partial charge in [-0.1, -0.05) is 13.0 Å². The highest BCUT2D eigenvalue weighted by atomic mass is 16.5. The fourth-order valence-corrected chi connectivity index (χ4v) is 2.26. The van der Waals surface area contributed by atoms with Crippen molar-refractivity contribution in [1.29, 1.82) is 0 Å². The molecule has 1 atom stereocenters. The second-order valence-electron chi connectivity index (χ2n) is 5.20. The minimum absolute atomic E-state index is 0.501. The summed E-state index contributed by atoms with van der Waals surface area (Å²) in [6.45, 7) is 5.81. The van der Waals surface area contributed by atoms with E-state index in [0.717, 1.165) is 56.1 Å². The van der Waals surface area contributed by atoms with E-state index in [2.05, 4.69) is 13.0 Å². The molecule has 0 saturated carbocycles. The molecule has 0 spiro atoms. The van der Waals surface area contributed by atoms with E-state index >= 15 is 0 Å². The van der Waals surface area contributed by atoms with Crippen LogP contribution in [-0.2, 0) is 11.2 Å². The first-order valence-corrected chi connectivity index (χ1v) is 7.49. The summed E-state index contributed by atoms with van der Waals surface area (Å²) in [7, 11) is 0. The van der Waals surface area contributed by atoms with Crippen LogP contribution in [0.3, 0.4) is 0 Å². The highest BCUT2D eigenvalue weighted by molar-refractivity contribution is 5.41. The van der Waals surface area contributed by atoms with Crippen molar-refractivity contribution in [2.75, 3.05) is 33.0 Å². The number of hydrogen-bond acceptors (Lipinski definition) is 4. The lowest BCUT2D eigenvalue weighted by atomic mass is 10.1. The molecule has 4 nitrogen and oxygen atoms in total. The lowest BCUT2D eigenvalue weighted by molar-refractivity contribution is 0.166. The lowest BCUT2D eigenvalue weighted by Gasteiger charge is -2.15. The Hall–Kier alpha value is -1.26. The third kappa shape index (κ3) is 4.39. The van der Waals surface area contributed by atoms with Crippen molar-refractivity contribution in [3.8, 4) is 11.5 Å². The summed E-state index contributed by atoms with van der Waals surface area (Å²) >= 11 is 0. The van der Waals surface area contributed by atoms with Crippen LogP contribution in [0.1, 0.15) is 25.3 Å². The van der Waals surface area contributed by atoms with Gasteiger partial charge in [0.15, 0.2) is 0 Å². The predicted octanol–water partition coefficient (Wildman–Crippen LogP) is 2.39. The highest BCUT2D eigenvalue weighted by Gasteiger charge is 2.17. The van der Waals surface area contributed by atoms with Crippen molar-refractivity contribution >= 4 is 0 Å². The Morgan fingerprint density at radius 1 is 1.35 bits per heavy atom. The summed E-state index contributed by atoms with van der Waals surface area (Å²) in [5, 5.41) is 0. The Bertz CT molecular complexity index is 403. The molecule has 112 valence electrons. The third-order valence-electron chi connectivity index (χ3n) is 3.42. The van der Waals surface area contributed by atoms with Gasteiger partial charge in [0.05, 0.1) is 19.8 Å². The van der Waals surface area contributed by atoms with E-state index < -0.39 is 0 Å². The first kappa shape index (κ1) is 15.1. The Morgan fingerprint density at radius 3 is 2.95 bits per heavy atom. The fraction of sp³-hybridized carbons (Fsp3) is 0.625. The monoisotopic (exact) mass is 279 g/mol. The summed E-state index contributed by atoms with van der Waals surface area (Å²) in [5.74, 6) is 2.27. The van der Waals surface area contributed by atoms with Gasteiger partial charge in [-0.3, -0.25) is 0 Å². The van der Waals surface area contributed by atoms with Crippen molar-refractivity contribution in [2.24, 2.45) is 11.7 Å². The van der Waals surface area contributed by atoms with Gasteiger partial charge in [-0.2, -0.15) is 0 Å². The van der Waals surface area contributed by atoms with E-state index in [9.17, 15) is 0 Å². The number of benzene rings is 1. The number of hydrogen-bond donors (Lipinski definition) is 1. The van der Waals surface area contributed by atoms with Crippen LogP contribution in [-0.4, -0.2) is 33.0 Å². The minimum Gasteiger partial charge on any atom is -0.493 e. The molecule has 0 amide bonds. The Kier molecular flexibility index (Phi) is 6.15. The smallest absolute Gasteiger partial charge is 0.126 e. The van der Waals surface area contributed by atoms with E-state index in [0.29, 0.717) is 19.1 Å². The number of nitrogens with two attached hydrogens (primary N) is 1. The number of rotatable bonds is 8. The van der Waals surface area contributed by atoms with E-state index in [1.54, 1.807) is 0 Å². The molecule has 0 bridgehead atoms. The largest absolute Gasteiger partial charge is 0.493 e. The average molecular weight is 279 g/mol. The second kappa shape index (κ2) is 8.12. The SMILES string of the molecule is CCCOc1ccc(CCN)c(OCC2CCOC2)c1. The van der Waals surface area contributed by atoms with Gasteiger partial charge >= 0.3 is 0 Å². The quantitative estimate of drug-likeness (QED) is 0.794. The minimum atomic E-state index is 0.501. The van der Waals surface area contributed by atoms with E-state index in [-0.39, 0.29) is 0 Å². The topological polar surface area (TPSA) is 53.7 Å². The average Bonchev–Trinajstić information content (AvgIpc) is 2.98. The Morgan fingerprint density at radius 2 is 2.25 bits per heavy atom. The van der Waals surface area contributed by atoms with Gasteiger partial charge in [0.25, 0.3) is 0 Å². The van der Waals surface area contributed by atoms with Gasteiger partial charge < -0.3 is 19.9 Å². The Balaban J connectivity index is 2.00. The lowest BCUT2D eigenvalue weighted by Crippen LogP contribution is -2.13. The van der Waals surface area contributed by atoms with Crippen molar-refractivity contribution in [1.82, 2.24) is 0 Å². The molecule has 1 saturated heterocycles. The maximum atomic E-state index is 5.98. The molecule has 20 heavy (non-hydrogen) atoms. The van der Waals surface area contributed by atoms with E-state index in [4.69, 9.17) is 19.9 Å². The summed E-state index contributed by atoms with van der Waals surface area (Å²) in [4.78, 5) is 0. The van der Waals surface area contributed by atoms with Crippen LogP contribution in [0.15, 0.2) is 18.2 Å². The van der Waals surface area contributed by atoms with E-state index in [1.807, 2.05) is 12.1 Å². The summed E-state index contributed by atoms with van der Waals surface area (Å²) in [6.07, 6.45) is 2.91. The number of ether oxygens (including phenoxy) is 3. The molecular formula is C16H25NO3. The third-order valence-corrected chi connectivity index (χ3v) is 3.42. The van der Waals surface area contributed by atoms with Crippen LogP contribution < -0.4 is 15.2 Å². The highest BCUT2D eigenvalue weighted by Crippen LogP contribution is 2.26. The van der Waals surface area contributed by atoms with Crippen LogP contribution >= 0.6 is 0 Å². The van der Waals surface area contributed by atoms with Crippen LogP contribution in [0.5, 0.6) is 11.5 Å². The maximum absolute atomic E-state index is 5.98. The zero-order valence-electron chi connectivity index (χ0n) is 12.3. The molecule has 4 heteroatoms. The van der Waals surface area contributed by atoms with Crippen LogP contribution in [0.4, 0.5) is 0 Å². The molecule has 1 aromatic rings. The predicted molar refractivity (Wildman–Crippen MR) is 79.4 cm³/mol. The molecule has 0 aromatic heterocycles. The first-order valence-electron chi connectivity index (χ1n) is 7.49. The van der Waals surface area contributed by atoms with Crippen LogP contribution in [0.2, 0.25) is 0 Å². The van der Waals surface area contributed by atoms with E-state index in [1.165, 1.54) is 0 Å². The van der Waals surface area contributed by atoms with Crippen molar-refractivity contribution in [2.45, 2.75) is 26.2 Å². The molecule has 2 rings (SSSR count). The van der Waals surface area contributed by atoms with Gasteiger partial charge in [-0.15, -0.1) is 0 Å². The molecule has 0 aliphatic carbocycles. The summed E-state index contributed by atoms with van der Waals surface area (Å²) in [6, 6.07) is 6.03. The molecule has 0 radical (unpaired) electrons. The van der Waals surface area contributed by atoms with Gasteiger partial charge in [0, 0.05) is 18.6 Å². The standard InChI is InChI=1S/C16H25NO3/c1-2-8-19-15-4-3-14(5-7-17)16(10-15)20-12-13-6-9-18-11-13/h3-4,10,13H,2,5-9,11-12,17H2,1H3. The van der Waals surface area contributed by atoms with Crippen molar-refractivity contribution in [3.63, 3.8) is 0 Å². The molecule has 1 aliphatic rings. The molecule has 1 aromatic carbocycles. The second-order valence-corrected chi connectivity index (χ2v) is 5.20. The van der Waals surface area contributed by atoms with Crippen molar-refractivity contribution < 1.29 is 14.2 Å². The Labute approximate surface area is 121 Å². The van der Waals surface area contributed by atoms with Gasteiger partial charge in [0.2, 0.25) is 0 Å². The zero-order chi connectivity index (χ0) is 14.2. The molecular weight excluding hydrogens is 254 g/mol. The molecule has 1 heterocycles. The summed E-state index contributed by atoms with van der Waals surface area (Å²) in [5.41, 5.74) is 6.81. The van der Waals surface area contributed by atoms with Crippen molar-refractivity contribution in [3.05, 3.63) is 23.8 Å². The van der Waals surface area contributed by atoms with Crippen LogP contribution in [0.25, 0.3) is 0 Å². The normalized spacial score (nSPS) is 18.2. The fourth-order valence-electron chi connectivity index (χ4n) is 2.26. The van der Waals surface area contributed by atoms with Crippen LogP contribution in [0, 0.1) is 5.92 Å². The van der Waals surface area contributed by atoms with Gasteiger partial charge in [-0.05, 0) is 37.4 Å². The van der Waals surface area contributed by atoms with Gasteiger partial charge in [0.1, 0.15) is 11.5 Å². The molecule has 1 fully saturated rings. The first-order chi connectivity index (χ1) is 9.83. The molecule has 1 aliphatic heterocycles. The maximum Gasteiger partial charge on any atom is 0.126 e. The zero-order valence-corrected chi connectivity index (χ0v) is 12.3.